The molecule has 1 nitrogen and oxygen atoms in total. The number of hydrogen-bond acceptors (Lipinski definition) is 1. The van der Waals surface area contributed by atoms with E-state index in [0.717, 1.165) is 12.5 Å². The zero-order valence-corrected chi connectivity index (χ0v) is 14.3. The van der Waals surface area contributed by atoms with Crippen molar-refractivity contribution in [2.75, 3.05) is 6.54 Å². The van der Waals surface area contributed by atoms with Crippen LogP contribution in [0.1, 0.15) is 78.0 Å². The average Bonchev–Trinajstić information content (AvgIpc) is 2.37. The zero-order chi connectivity index (χ0) is 15.2. The molecule has 1 aromatic carbocycles. The van der Waals surface area contributed by atoms with Crippen LogP contribution in [-0.2, 0) is 5.41 Å². The largest absolute Gasteiger partial charge is 0.310 e. The standard InChI is InChI=1S/C19H33N/c1-7-11-15(3)14-18(20-8-2)16-12-9-10-13-17(16)19(4,5)6/h9-10,12-13,15,18,20H,7-8,11,14H2,1-6H3. The Morgan fingerprint density at radius 1 is 1.10 bits per heavy atom. The van der Waals surface area contributed by atoms with E-state index in [1.54, 1.807) is 0 Å². The molecule has 0 aliphatic carbocycles. The summed E-state index contributed by atoms with van der Waals surface area (Å²) >= 11 is 0. The predicted octanol–water partition coefficient (Wildman–Crippen LogP) is 5.46. The molecule has 20 heavy (non-hydrogen) atoms. The Morgan fingerprint density at radius 3 is 2.30 bits per heavy atom. The highest BCUT2D eigenvalue weighted by atomic mass is 14.9. The van der Waals surface area contributed by atoms with E-state index in [2.05, 4.69) is 71.1 Å². The van der Waals surface area contributed by atoms with Gasteiger partial charge in [-0.25, -0.2) is 0 Å². The van der Waals surface area contributed by atoms with Crippen molar-refractivity contribution in [3.63, 3.8) is 0 Å². The quantitative estimate of drug-likeness (QED) is 0.696. The molecule has 1 N–H and O–H groups in total. The summed E-state index contributed by atoms with van der Waals surface area (Å²) in [7, 11) is 0. The summed E-state index contributed by atoms with van der Waals surface area (Å²) in [5.41, 5.74) is 3.18. The highest BCUT2D eigenvalue weighted by Crippen LogP contribution is 2.32. The van der Waals surface area contributed by atoms with E-state index in [4.69, 9.17) is 0 Å². The SMILES string of the molecule is CCCC(C)CC(NCC)c1ccccc1C(C)(C)C. The first-order valence-electron chi connectivity index (χ1n) is 8.22. The molecule has 0 fully saturated rings. The van der Waals surface area contributed by atoms with Gasteiger partial charge in [-0.3, -0.25) is 0 Å². The van der Waals surface area contributed by atoms with Crippen molar-refractivity contribution >= 4 is 0 Å². The van der Waals surface area contributed by atoms with Gasteiger partial charge in [0.15, 0.2) is 0 Å². The topological polar surface area (TPSA) is 12.0 Å². The molecule has 0 aliphatic heterocycles. The monoisotopic (exact) mass is 275 g/mol. The van der Waals surface area contributed by atoms with Crippen LogP contribution in [0.25, 0.3) is 0 Å². The Balaban J connectivity index is 3.02. The fourth-order valence-corrected chi connectivity index (χ4v) is 3.06. The normalized spacial score (nSPS) is 15.1. The number of nitrogens with one attached hydrogen (secondary N) is 1. The van der Waals surface area contributed by atoms with Crippen LogP contribution in [0.5, 0.6) is 0 Å². The van der Waals surface area contributed by atoms with E-state index < -0.39 is 0 Å². The first kappa shape index (κ1) is 17.2. The second kappa shape index (κ2) is 7.83. The van der Waals surface area contributed by atoms with Gasteiger partial charge < -0.3 is 5.32 Å². The molecule has 2 unspecified atom stereocenters. The highest BCUT2D eigenvalue weighted by Gasteiger charge is 2.23. The summed E-state index contributed by atoms with van der Waals surface area (Å²) < 4.78 is 0. The molecule has 2 atom stereocenters. The van der Waals surface area contributed by atoms with E-state index in [0.29, 0.717) is 6.04 Å². The summed E-state index contributed by atoms with van der Waals surface area (Å²) in [5.74, 6) is 0.775. The third-order valence-corrected chi connectivity index (χ3v) is 4.01. The molecule has 1 heteroatoms. The molecule has 1 rings (SSSR count). The molecule has 0 amide bonds. The van der Waals surface area contributed by atoms with Crippen molar-refractivity contribution in [3.05, 3.63) is 35.4 Å². The Kier molecular flexibility index (Phi) is 6.75. The van der Waals surface area contributed by atoms with E-state index in [1.807, 2.05) is 0 Å². The van der Waals surface area contributed by atoms with Gasteiger partial charge in [-0.05, 0) is 35.4 Å². The van der Waals surface area contributed by atoms with Gasteiger partial charge in [0.1, 0.15) is 0 Å². The zero-order valence-electron chi connectivity index (χ0n) is 14.3. The summed E-state index contributed by atoms with van der Waals surface area (Å²) in [6, 6.07) is 9.44. The van der Waals surface area contributed by atoms with Crippen molar-refractivity contribution in [2.24, 2.45) is 5.92 Å². The van der Waals surface area contributed by atoms with Crippen LogP contribution >= 0.6 is 0 Å². The van der Waals surface area contributed by atoms with Crippen LogP contribution in [0.2, 0.25) is 0 Å². The summed E-state index contributed by atoms with van der Waals surface area (Å²) in [6.45, 7) is 14.8. The molecule has 0 saturated heterocycles. The molecule has 0 saturated carbocycles. The lowest BCUT2D eigenvalue weighted by Gasteiger charge is -2.29. The van der Waals surface area contributed by atoms with Gasteiger partial charge >= 0.3 is 0 Å². The number of benzene rings is 1. The average molecular weight is 275 g/mol. The van der Waals surface area contributed by atoms with Gasteiger partial charge in [0.05, 0.1) is 0 Å². The minimum absolute atomic E-state index is 0.207. The summed E-state index contributed by atoms with van der Waals surface area (Å²) in [6.07, 6.45) is 3.83. The van der Waals surface area contributed by atoms with Crippen molar-refractivity contribution in [1.82, 2.24) is 5.32 Å². The van der Waals surface area contributed by atoms with Gasteiger partial charge in [-0.1, -0.05) is 78.6 Å². The minimum atomic E-state index is 0.207. The summed E-state index contributed by atoms with van der Waals surface area (Å²) in [4.78, 5) is 0. The molecule has 1 aromatic rings. The van der Waals surface area contributed by atoms with Crippen molar-refractivity contribution < 1.29 is 0 Å². The molecule has 0 bridgehead atoms. The molecule has 0 aromatic heterocycles. The second-order valence-corrected chi connectivity index (χ2v) is 7.08. The molecule has 0 radical (unpaired) electrons. The van der Waals surface area contributed by atoms with Gasteiger partial charge in [0.2, 0.25) is 0 Å². The van der Waals surface area contributed by atoms with E-state index >= 15 is 0 Å². The second-order valence-electron chi connectivity index (χ2n) is 7.08. The third kappa shape index (κ3) is 4.94. The van der Waals surface area contributed by atoms with E-state index in [1.165, 1.54) is 30.4 Å². The third-order valence-electron chi connectivity index (χ3n) is 4.01. The van der Waals surface area contributed by atoms with Crippen LogP contribution in [0.4, 0.5) is 0 Å². The molecular formula is C19H33N. The number of hydrogen-bond donors (Lipinski definition) is 1. The van der Waals surface area contributed by atoms with Gasteiger partial charge in [-0.2, -0.15) is 0 Å². The van der Waals surface area contributed by atoms with Gasteiger partial charge in [0.25, 0.3) is 0 Å². The Bertz CT molecular complexity index is 389. The van der Waals surface area contributed by atoms with Crippen molar-refractivity contribution in [3.8, 4) is 0 Å². The minimum Gasteiger partial charge on any atom is -0.310 e. The van der Waals surface area contributed by atoms with E-state index in [9.17, 15) is 0 Å². The summed E-state index contributed by atoms with van der Waals surface area (Å²) in [5, 5.41) is 3.70. The first-order valence-corrected chi connectivity index (χ1v) is 8.22. The van der Waals surface area contributed by atoms with Crippen molar-refractivity contribution in [1.29, 1.82) is 0 Å². The Morgan fingerprint density at radius 2 is 1.75 bits per heavy atom. The lowest BCUT2D eigenvalue weighted by molar-refractivity contribution is 0.390. The van der Waals surface area contributed by atoms with Crippen LogP contribution < -0.4 is 5.32 Å². The van der Waals surface area contributed by atoms with Crippen LogP contribution in [0.3, 0.4) is 0 Å². The maximum Gasteiger partial charge on any atom is 0.0325 e. The fraction of sp³-hybridized carbons (Fsp3) is 0.684. The Labute approximate surface area is 126 Å². The van der Waals surface area contributed by atoms with Gasteiger partial charge in [-0.15, -0.1) is 0 Å². The van der Waals surface area contributed by atoms with Crippen molar-refractivity contribution in [2.45, 2.75) is 72.3 Å². The van der Waals surface area contributed by atoms with E-state index in [-0.39, 0.29) is 5.41 Å². The molecule has 0 aliphatic rings. The maximum atomic E-state index is 3.70. The van der Waals surface area contributed by atoms with Gasteiger partial charge in [0, 0.05) is 6.04 Å². The maximum absolute atomic E-state index is 3.70. The molecular weight excluding hydrogens is 242 g/mol. The van der Waals surface area contributed by atoms with Crippen LogP contribution in [-0.4, -0.2) is 6.54 Å². The predicted molar refractivity (Wildman–Crippen MR) is 90.2 cm³/mol. The highest BCUT2D eigenvalue weighted by molar-refractivity contribution is 5.35. The molecule has 114 valence electrons. The molecule has 0 heterocycles. The van der Waals surface area contributed by atoms with Crippen LogP contribution in [0.15, 0.2) is 24.3 Å². The Hall–Kier alpha value is -0.820. The lowest BCUT2D eigenvalue weighted by Crippen LogP contribution is -2.26. The lowest BCUT2D eigenvalue weighted by atomic mass is 9.80. The first-order chi connectivity index (χ1) is 9.40. The number of rotatable bonds is 7. The van der Waals surface area contributed by atoms with Crippen LogP contribution in [0, 0.1) is 5.92 Å². The smallest absolute Gasteiger partial charge is 0.0325 e. The molecule has 0 spiro atoms. The fourth-order valence-electron chi connectivity index (χ4n) is 3.06.